The summed E-state index contributed by atoms with van der Waals surface area (Å²) < 4.78 is 14.8. The third kappa shape index (κ3) is 3.55. The van der Waals surface area contributed by atoms with Gasteiger partial charge in [0, 0.05) is 21.2 Å². The molecule has 0 fully saturated rings. The SMILES string of the molecule is NCC(Nc1ccccc1Br)c1ccc(F)cc1Br. The summed E-state index contributed by atoms with van der Waals surface area (Å²) in [5.74, 6) is -0.271. The molecule has 1 unspecified atom stereocenters. The van der Waals surface area contributed by atoms with Gasteiger partial charge in [0.1, 0.15) is 5.82 Å². The van der Waals surface area contributed by atoms with E-state index in [0.717, 1.165) is 15.7 Å². The molecule has 0 saturated heterocycles. The van der Waals surface area contributed by atoms with Crippen molar-refractivity contribution >= 4 is 37.5 Å². The molecule has 2 rings (SSSR count). The zero-order valence-corrected chi connectivity index (χ0v) is 13.2. The molecule has 0 aromatic heterocycles. The first-order valence-electron chi connectivity index (χ1n) is 5.78. The van der Waals surface area contributed by atoms with E-state index >= 15 is 0 Å². The van der Waals surface area contributed by atoms with E-state index in [9.17, 15) is 4.39 Å². The first-order valence-corrected chi connectivity index (χ1v) is 7.36. The van der Waals surface area contributed by atoms with Crippen LogP contribution < -0.4 is 11.1 Å². The summed E-state index contributed by atoms with van der Waals surface area (Å²) in [5.41, 5.74) is 7.70. The predicted octanol–water partition coefficient (Wildman–Crippen LogP) is 4.46. The van der Waals surface area contributed by atoms with E-state index in [1.54, 1.807) is 6.07 Å². The van der Waals surface area contributed by atoms with Crippen molar-refractivity contribution in [2.24, 2.45) is 5.73 Å². The number of benzene rings is 2. The van der Waals surface area contributed by atoms with Crippen molar-refractivity contribution < 1.29 is 4.39 Å². The Bertz CT molecular complexity index is 575. The Morgan fingerprint density at radius 2 is 1.84 bits per heavy atom. The van der Waals surface area contributed by atoms with Crippen LogP contribution in [-0.4, -0.2) is 6.54 Å². The van der Waals surface area contributed by atoms with Crippen LogP contribution in [0, 0.1) is 5.82 Å². The highest BCUT2D eigenvalue weighted by Crippen LogP contribution is 2.29. The minimum Gasteiger partial charge on any atom is -0.376 e. The number of halogens is 3. The molecule has 3 N–H and O–H groups in total. The topological polar surface area (TPSA) is 38.0 Å². The molecular weight excluding hydrogens is 375 g/mol. The summed E-state index contributed by atoms with van der Waals surface area (Å²) in [6, 6.07) is 12.3. The van der Waals surface area contributed by atoms with Crippen molar-refractivity contribution in [2.45, 2.75) is 6.04 Å². The minimum atomic E-state index is -0.271. The molecule has 1 atom stereocenters. The molecule has 2 aromatic carbocycles. The van der Waals surface area contributed by atoms with Gasteiger partial charge < -0.3 is 11.1 Å². The van der Waals surface area contributed by atoms with Crippen LogP contribution in [0.25, 0.3) is 0 Å². The molecule has 0 saturated carbocycles. The summed E-state index contributed by atoms with van der Waals surface area (Å²) in [6.45, 7) is 0.408. The molecule has 5 heteroatoms. The monoisotopic (exact) mass is 386 g/mol. The minimum absolute atomic E-state index is 0.0892. The molecule has 0 amide bonds. The summed E-state index contributed by atoms with van der Waals surface area (Å²) in [4.78, 5) is 0. The summed E-state index contributed by atoms with van der Waals surface area (Å²) >= 11 is 6.85. The molecule has 100 valence electrons. The second-order valence-electron chi connectivity index (χ2n) is 4.08. The van der Waals surface area contributed by atoms with Gasteiger partial charge in [-0.2, -0.15) is 0 Å². The third-order valence-electron chi connectivity index (χ3n) is 2.78. The fourth-order valence-electron chi connectivity index (χ4n) is 1.81. The maximum atomic E-state index is 13.1. The lowest BCUT2D eigenvalue weighted by Crippen LogP contribution is -2.21. The largest absolute Gasteiger partial charge is 0.376 e. The van der Waals surface area contributed by atoms with Crippen LogP contribution in [0.15, 0.2) is 51.4 Å². The van der Waals surface area contributed by atoms with Gasteiger partial charge in [-0.15, -0.1) is 0 Å². The fourth-order valence-corrected chi connectivity index (χ4v) is 2.84. The average molecular weight is 388 g/mol. The van der Waals surface area contributed by atoms with Crippen LogP contribution in [-0.2, 0) is 0 Å². The van der Waals surface area contributed by atoms with Crippen LogP contribution in [0.3, 0.4) is 0 Å². The zero-order valence-electron chi connectivity index (χ0n) is 10.0. The number of nitrogens with two attached hydrogens (primary N) is 1. The van der Waals surface area contributed by atoms with Crippen molar-refractivity contribution in [3.63, 3.8) is 0 Å². The summed E-state index contributed by atoms with van der Waals surface area (Å²) in [5, 5.41) is 3.35. The molecule has 2 aromatic rings. The Morgan fingerprint density at radius 3 is 2.47 bits per heavy atom. The number of rotatable bonds is 4. The van der Waals surface area contributed by atoms with Gasteiger partial charge in [-0.25, -0.2) is 4.39 Å². The molecule has 0 bridgehead atoms. The second-order valence-corrected chi connectivity index (χ2v) is 5.79. The molecule has 0 radical (unpaired) electrons. The normalized spacial score (nSPS) is 12.2. The Labute approximate surface area is 128 Å². The molecule has 0 spiro atoms. The smallest absolute Gasteiger partial charge is 0.124 e. The van der Waals surface area contributed by atoms with E-state index in [0.29, 0.717) is 11.0 Å². The highest BCUT2D eigenvalue weighted by Gasteiger charge is 2.14. The van der Waals surface area contributed by atoms with Crippen LogP contribution in [0.1, 0.15) is 11.6 Å². The molecular formula is C14H13Br2FN2. The molecule has 0 heterocycles. The Morgan fingerprint density at radius 1 is 1.11 bits per heavy atom. The highest BCUT2D eigenvalue weighted by molar-refractivity contribution is 9.11. The van der Waals surface area contributed by atoms with Crippen molar-refractivity contribution in [2.75, 3.05) is 11.9 Å². The molecule has 19 heavy (non-hydrogen) atoms. The molecule has 0 aliphatic rings. The lowest BCUT2D eigenvalue weighted by atomic mass is 10.1. The van der Waals surface area contributed by atoms with E-state index in [1.165, 1.54) is 12.1 Å². The van der Waals surface area contributed by atoms with Crippen LogP contribution in [0.2, 0.25) is 0 Å². The van der Waals surface area contributed by atoms with E-state index in [4.69, 9.17) is 5.73 Å². The van der Waals surface area contributed by atoms with Gasteiger partial charge in [0.05, 0.1) is 6.04 Å². The second kappa shape index (κ2) is 6.50. The Balaban J connectivity index is 2.28. The lowest BCUT2D eigenvalue weighted by molar-refractivity contribution is 0.624. The fraction of sp³-hybridized carbons (Fsp3) is 0.143. The lowest BCUT2D eigenvalue weighted by Gasteiger charge is -2.20. The summed E-state index contributed by atoms with van der Waals surface area (Å²) in [7, 11) is 0. The Hall–Kier alpha value is -0.910. The highest BCUT2D eigenvalue weighted by atomic mass is 79.9. The van der Waals surface area contributed by atoms with Crippen LogP contribution in [0.5, 0.6) is 0 Å². The van der Waals surface area contributed by atoms with Gasteiger partial charge in [-0.3, -0.25) is 0 Å². The number of hydrogen-bond donors (Lipinski definition) is 2. The van der Waals surface area contributed by atoms with Crippen LogP contribution >= 0.6 is 31.9 Å². The van der Waals surface area contributed by atoms with E-state index in [-0.39, 0.29) is 11.9 Å². The van der Waals surface area contributed by atoms with Gasteiger partial charge >= 0.3 is 0 Å². The van der Waals surface area contributed by atoms with Gasteiger partial charge in [-0.1, -0.05) is 34.1 Å². The Kier molecular flexibility index (Phi) is 4.96. The van der Waals surface area contributed by atoms with E-state index < -0.39 is 0 Å². The van der Waals surface area contributed by atoms with Crippen molar-refractivity contribution in [1.82, 2.24) is 0 Å². The van der Waals surface area contributed by atoms with Crippen molar-refractivity contribution in [3.05, 3.63) is 62.8 Å². The number of anilines is 1. The standard InChI is InChI=1S/C14H13Br2FN2/c15-11-3-1-2-4-13(11)19-14(8-18)10-6-5-9(17)7-12(10)16/h1-7,14,19H,8,18H2. The van der Waals surface area contributed by atoms with Gasteiger partial charge in [-0.05, 0) is 45.8 Å². The van der Waals surface area contributed by atoms with Gasteiger partial charge in [0.15, 0.2) is 0 Å². The molecule has 0 aliphatic carbocycles. The first-order chi connectivity index (χ1) is 9.11. The zero-order chi connectivity index (χ0) is 13.8. The molecule has 0 aliphatic heterocycles. The van der Waals surface area contributed by atoms with E-state index in [1.807, 2.05) is 24.3 Å². The molecule has 2 nitrogen and oxygen atoms in total. The van der Waals surface area contributed by atoms with Crippen molar-refractivity contribution in [3.8, 4) is 0 Å². The third-order valence-corrected chi connectivity index (χ3v) is 4.16. The average Bonchev–Trinajstić information content (AvgIpc) is 2.39. The number of para-hydroxylation sites is 1. The van der Waals surface area contributed by atoms with Crippen molar-refractivity contribution in [1.29, 1.82) is 0 Å². The summed E-state index contributed by atoms with van der Waals surface area (Å²) in [6.07, 6.45) is 0. The maximum absolute atomic E-state index is 13.1. The number of hydrogen-bond acceptors (Lipinski definition) is 2. The van der Waals surface area contributed by atoms with E-state index in [2.05, 4.69) is 37.2 Å². The van der Waals surface area contributed by atoms with Crippen LogP contribution in [0.4, 0.5) is 10.1 Å². The van der Waals surface area contributed by atoms with Gasteiger partial charge in [0.25, 0.3) is 0 Å². The van der Waals surface area contributed by atoms with Gasteiger partial charge in [0.2, 0.25) is 0 Å². The first kappa shape index (κ1) is 14.5. The number of nitrogens with one attached hydrogen (secondary N) is 1. The predicted molar refractivity (Wildman–Crippen MR) is 83.7 cm³/mol. The maximum Gasteiger partial charge on any atom is 0.124 e. The quantitative estimate of drug-likeness (QED) is 0.812.